The van der Waals surface area contributed by atoms with Gasteiger partial charge in [-0.1, -0.05) is 45.4 Å². The highest BCUT2D eigenvalue weighted by atomic mass is 35.5. The summed E-state index contributed by atoms with van der Waals surface area (Å²) in [5.74, 6) is 0.649. The smallest absolute Gasteiger partial charge is 0.0471 e. The first-order chi connectivity index (χ1) is 8.40. The highest BCUT2D eigenvalue weighted by molar-refractivity contribution is 6.31. The number of benzene rings is 1. The van der Waals surface area contributed by atoms with E-state index in [0.717, 1.165) is 23.7 Å². The zero-order valence-corrected chi connectivity index (χ0v) is 12.9. The van der Waals surface area contributed by atoms with Crippen molar-refractivity contribution in [2.45, 2.75) is 40.3 Å². The second-order valence-electron chi connectivity index (χ2n) is 5.59. The van der Waals surface area contributed by atoms with Crippen molar-refractivity contribution in [2.24, 2.45) is 5.92 Å². The van der Waals surface area contributed by atoms with E-state index in [9.17, 15) is 0 Å². The molecule has 0 aromatic heterocycles. The Morgan fingerprint density at radius 3 is 2.39 bits per heavy atom. The van der Waals surface area contributed by atoms with E-state index in [0.29, 0.717) is 12.0 Å². The molecule has 3 heteroatoms. The van der Waals surface area contributed by atoms with E-state index in [1.54, 1.807) is 0 Å². The van der Waals surface area contributed by atoms with E-state index in [1.807, 2.05) is 0 Å². The SMILES string of the molecule is CC(C)CN(C)c1ccc(CNC(C)C)c(Cl)c1. The molecule has 0 amide bonds. The summed E-state index contributed by atoms with van der Waals surface area (Å²) < 4.78 is 0. The molecule has 0 spiro atoms. The molecule has 18 heavy (non-hydrogen) atoms. The summed E-state index contributed by atoms with van der Waals surface area (Å²) in [5.41, 5.74) is 2.34. The standard InChI is InChI=1S/C15H25ClN2/c1-11(2)10-18(5)14-7-6-13(15(16)8-14)9-17-12(3)4/h6-8,11-12,17H,9-10H2,1-5H3. The molecular formula is C15H25ClN2. The highest BCUT2D eigenvalue weighted by Crippen LogP contribution is 2.23. The van der Waals surface area contributed by atoms with Gasteiger partial charge in [0.05, 0.1) is 0 Å². The van der Waals surface area contributed by atoms with E-state index in [2.05, 4.69) is 63.2 Å². The van der Waals surface area contributed by atoms with Crippen LogP contribution in [0.1, 0.15) is 33.3 Å². The Bertz CT molecular complexity index is 375. The molecule has 0 saturated heterocycles. The molecule has 0 saturated carbocycles. The van der Waals surface area contributed by atoms with Gasteiger partial charge in [-0.15, -0.1) is 0 Å². The van der Waals surface area contributed by atoms with Crippen LogP contribution < -0.4 is 10.2 Å². The Balaban J connectivity index is 2.72. The predicted octanol–water partition coefficient (Wildman–Crippen LogP) is 3.93. The number of nitrogens with zero attached hydrogens (tertiary/aromatic N) is 1. The average molecular weight is 269 g/mol. The molecular weight excluding hydrogens is 244 g/mol. The van der Waals surface area contributed by atoms with Gasteiger partial charge in [0.25, 0.3) is 0 Å². The topological polar surface area (TPSA) is 15.3 Å². The Morgan fingerprint density at radius 2 is 1.89 bits per heavy atom. The van der Waals surface area contributed by atoms with Gasteiger partial charge < -0.3 is 10.2 Å². The predicted molar refractivity (Wildman–Crippen MR) is 81.5 cm³/mol. The normalized spacial score (nSPS) is 11.3. The van der Waals surface area contributed by atoms with Crippen LogP contribution in [0.4, 0.5) is 5.69 Å². The quantitative estimate of drug-likeness (QED) is 0.841. The molecule has 0 unspecified atom stereocenters. The van der Waals surface area contributed by atoms with E-state index in [-0.39, 0.29) is 0 Å². The largest absolute Gasteiger partial charge is 0.374 e. The maximum Gasteiger partial charge on any atom is 0.0471 e. The third-order valence-electron chi connectivity index (χ3n) is 2.82. The number of hydrogen-bond donors (Lipinski definition) is 1. The number of halogens is 1. The molecule has 0 aliphatic rings. The molecule has 0 radical (unpaired) electrons. The van der Waals surface area contributed by atoms with Crippen molar-refractivity contribution in [3.05, 3.63) is 28.8 Å². The maximum absolute atomic E-state index is 6.33. The molecule has 0 heterocycles. The van der Waals surface area contributed by atoms with E-state index in [4.69, 9.17) is 11.6 Å². The Morgan fingerprint density at radius 1 is 1.22 bits per heavy atom. The molecule has 0 atom stereocenters. The third kappa shape index (κ3) is 4.87. The summed E-state index contributed by atoms with van der Waals surface area (Å²) in [6.45, 7) is 10.6. The molecule has 102 valence electrons. The van der Waals surface area contributed by atoms with Crippen LogP contribution in [-0.4, -0.2) is 19.6 Å². The zero-order chi connectivity index (χ0) is 13.7. The molecule has 0 aliphatic carbocycles. The second-order valence-corrected chi connectivity index (χ2v) is 5.99. The van der Waals surface area contributed by atoms with Crippen LogP contribution in [0.3, 0.4) is 0 Å². The van der Waals surface area contributed by atoms with Crippen molar-refractivity contribution >= 4 is 17.3 Å². The molecule has 0 bridgehead atoms. The van der Waals surface area contributed by atoms with E-state index >= 15 is 0 Å². The van der Waals surface area contributed by atoms with Gasteiger partial charge in [-0.25, -0.2) is 0 Å². The monoisotopic (exact) mass is 268 g/mol. The molecule has 1 N–H and O–H groups in total. The summed E-state index contributed by atoms with van der Waals surface area (Å²) in [4.78, 5) is 2.25. The van der Waals surface area contributed by atoms with Crippen LogP contribution in [-0.2, 0) is 6.54 Å². The lowest BCUT2D eigenvalue weighted by Crippen LogP contribution is -2.23. The first-order valence-corrected chi connectivity index (χ1v) is 7.01. The minimum absolute atomic E-state index is 0.476. The van der Waals surface area contributed by atoms with E-state index < -0.39 is 0 Å². The lowest BCUT2D eigenvalue weighted by atomic mass is 10.1. The van der Waals surface area contributed by atoms with Gasteiger partial charge in [-0.05, 0) is 23.6 Å². The summed E-state index contributed by atoms with van der Waals surface area (Å²) in [5, 5.41) is 4.23. The molecule has 1 rings (SSSR count). The fourth-order valence-electron chi connectivity index (χ4n) is 1.88. The Hall–Kier alpha value is -0.730. The number of rotatable bonds is 6. The van der Waals surface area contributed by atoms with Crippen molar-refractivity contribution in [1.82, 2.24) is 5.32 Å². The van der Waals surface area contributed by atoms with Gasteiger partial charge in [0.15, 0.2) is 0 Å². The van der Waals surface area contributed by atoms with Gasteiger partial charge in [0, 0.05) is 36.9 Å². The van der Waals surface area contributed by atoms with Gasteiger partial charge in [0.1, 0.15) is 0 Å². The first kappa shape index (κ1) is 15.3. The van der Waals surface area contributed by atoms with Crippen molar-refractivity contribution in [2.75, 3.05) is 18.5 Å². The Labute approximate surface area is 116 Å². The molecule has 0 aliphatic heterocycles. The number of hydrogen-bond acceptors (Lipinski definition) is 2. The van der Waals surface area contributed by atoms with Crippen LogP contribution in [0.25, 0.3) is 0 Å². The van der Waals surface area contributed by atoms with Gasteiger partial charge in [0.2, 0.25) is 0 Å². The molecule has 1 aromatic carbocycles. The number of anilines is 1. The lowest BCUT2D eigenvalue weighted by Gasteiger charge is -2.22. The lowest BCUT2D eigenvalue weighted by molar-refractivity contribution is 0.589. The van der Waals surface area contributed by atoms with Crippen LogP contribution in [0.5, 0.6) is 0 Å². The average Bonchev–Trinajstić information content (AvgIpc) is 2.26. The van der Waals surface area contributed by atoms with Crippen molar-refractivity contribution in [1.29, 1.82) is 0 Å². The summed E-state index contributed by atoms with van der Waals surface area (Å²) in [6.07, 6.45) is 0. The minimum Gasteiger partial charge on any atom is -0.374 e. The Kier molecular flexibility index (Phi) is 5.97. The molecule has 0 fully saturated rings. The third-order valence-corrected chi connectivity index (χ3v) is 3.17. The highest BCUT2D eigenvalue weighted by Gasteiger charge is 2.07. The zero-order valence-electron chi connectivity index (χ0n) is 12.1. The fourth-order valence-corrected chi connectivity index (χ4v) is 2.13. The van der Waals surface area contributed by atoms with Crippen molar-refractivity contribution < 1.29 is 0 Å². The van der Waals surface area contributed by atoms with Crippen LogP contribution in [0, 0.1) is 5.92 Å². The summed E-state index contributed by atoms with van der Waals surface area (Å²) >= 11 is 6.33. The van der Waals surface area contributed by atoms with Gasteiger partial charge in [-0.2, -0.15) is 0 Å². The van der Waals surface area contributed by atoms with Crippen molar-refractivity contribution in [3.63, 3.8) is 0 Å². The van der Waals surface area contributed by atoms with E-state index in [1.165, 1.54) is 5.69 Å². The fraction of sp³-hybridized carbons (Fsp3) is 0.600. The van der Waals surface area contributed by atoms with Gasteiger partial charge in [-0.3, -0.25) is 0 Å². The summed E-state index contributed by atoms with van der Waals surface area (Å²) in [6, 6.07) is 6.79. The van der Waals surface area contributed by atoms with Crippen LogP contribution >= 0.6 is 11.6 Å². The maximum atomic E-state index is 6.33. The second kappa shape index (κ2) is 7.01. The summed E-state index contributed by atoms with van der Waals surface area (Å²) in [7, 11) is 2.11. The molecule has 1 aromatic rings. The first-order valence-electron chi connectivity index (χ1n) is 6.63. The minimum atomic E-state index is 0.476. The molecule has 2 nitrogen and oxygen atoms in total. The number of nitrogens with one attached hydrogen (secondary N) is 1. The van der Waals surface area contributed by atoms with Crippen molar-refractivity contribution in [3.8, 4) is 0 Å². The van der Waals surface area contributed by atoms with Crippen LogP contribution in [0.15, 0.2) is 18.2 Å². The van der Waals surface area contributed by atoms with Gasteiger partial charge >= 0.3 is 0 Å². The van der Waals surface area contributed by atoms with Crippen LogP contribution in [0.2, 0.25) is 5.02 Å².